The number of rotatable bonds is 5. The maximum absolute atomic E-state index is 12.1. The second-order valence-electron chi connectivity index (χ2n) is 3.82. The standard InChI is InChI=1S/C12H13F3N2O3S/c1-21-11(19)8(4-16)9-3-2-7(5-17-9)20-6-10(18)12(13,14)15/h2-5,10,18H,6,16H2,1H3. The summed E-state index contributed by atoms with van der Waals surface area (Å²) in [5.41, 5.74) is 5.80. The van der Waals surface area contributed by atoms with Gasteiger partial charge in [0, 0.05) is 6.20 Å². The zero-order valence-corrected chi connectivity index (χ0v) is 11.7. The van der Waals surface area contributed by atoms with Crippen LogP contribution in [-0.4, -0.2) is 40.3 Å². The summed E-state index contributed by atoms with van der Waals surface area (Å²) < 4.78 is 41.0. The van der Waals surface area contributed by atoms with Gasteiger partial charge in [0.15, 0.2) is 6.10 Å². The molecule has 1 aromatic heterocycles. The molecule has 1 heterocycles. The zero-order valence-electron chi connectivity index (χ0n) is 10.9. The van der Waals surface area contributed by atoms with Crippen molar-refractivity contribution in [2.45, 2.75) is 12.3 Å². The lowest BCUT2D eigenvalue weighted by atomic mass is 10.2. The average Bonchev–Trinajstić information content (AvgIpc) is 2.45. The van der Waals surface area contributed by atoms with E-state index in [1.165, 1.54) is 12.1 Å². The molecule has 0 aliphatic heterocycles. The normalized spacial score (nSPS) is 13.9. The smallest absolute Gasteiger partial charge is 0.417 e. The first-order valence-corrected chi connectivity index (χ1v) is 6.86. The second kappa shape index (κ2) is 7.32. The van der Waals surface area contributed by atoms with E-state index in [-0.39, 0.29) is 22.1 Å². The Morgan fingerprint density at radius 1 is 1.57 bits per heavy atom. The number of alkyl halides is 3. The molecule has 0 saturated carbocycles. The van der Waals surface area contributed by atoms with Gasteiger partial charge in [-0.15, -0.1) is 0 Å². The molecule has 0 saturated heterocycles. The van der Waals surface area contributed by atoms with Crippen molar-refractivity contribution < 1.29 is 27.8 Å². The fourth-order valence-corrected chi connectivity index (χ4v) is 1.66. The molecule has 21 heavy (non-hydrogen) atoms. The van der Waals surface area contributed by atoms with E-state index >= 15 is 0 Å². The number of nitrogens with two attached hydrogens (primary N) is 1. The molecular weight excluding hydrogens is 309 g/mol. The molecule has 0 aliphatic rings. The summed E-state index contributed by atoms with van der Waals surface area (Å²) in [5, 5.41) is 8.50. The number of nitrogens with zero attached hydrogens (tertiary/aromatic N) is 1. The van der Waals surface area contributed by atoms with Crippen LogP contribution in [0.2, 0.25) is 0 Å². The van der Waals surface area contributed by atoms with Crippen LogP contribution in [0, 0.1) is 0 Å². The quantitative estimate of drug-likeness (QED) is 0.801. The van der Waals surface area contributed by atoms with Gasteiger partial charge < -0.3 is 15.6 Å². The number of carbonyl (C=O) groups is 1. The van der Waals surface area contributed by atoms with E-state index in [4.69, 9.17) is 15.6 Å². The minimum absolute atomic E-state index is 0.0371. The van der Waals surface area contributed by atoms with E-state index in [0.29, 0.717) is 0 Å². The summed E-state index contributed by atoms with van der Waals surface area (Å²) in [6.45, 7) is -0.937. The fourth-order valence-electron chi connectivity index (χ4n) is 1.26. The monoisotopic (exact) mass is 322 g/mol. The van der Waals surface area contributed by atoms with E-state index in [1.54, 1.807) is 6.26 Å². The molecule has 116 valence electrons. The van der Waals surface area contributed by atoms with E-state index in [2.05, 4.69) is 4.98 Å². The topological polar surface area (TPSA) is 85.4 Å². The van der Waals surface area contributed by atoms with Gasteiger partial charge in [-0.2, -0.15) is 13.2 Å². The van der Waals surface area contributed by atoms with Crippen molar-refractivity contribution in [2.24, 2.45) is 5.73 Å². The number of carbonyl (C=O) groups excluding carboxylic acids is 1. The van der Waals surface area contributed by atoms with Crippen LogP contribution >= 0.6 is 11.8 Å². The Kier molecular flexibility index (Phi) is 6.03. The van der Waals surface area contributed by atoms with Crippen molar-refractivity contribution in [3.8, 4) is 5.75 Å². The summed E-state index contributed by atoms with van der Waals surface area (Å²) in [6.07, 6.45) is -3.48. The molecule has 9 heteroatoms. The van der Waals surface area contributed by atoms with Crippen LogP contribution in [-0.2, 0) is 4.79 Å². The first-order chi connectivity index (χ1) is 9.79. The van der Waals surface area contributed by atoms with Crippen LogP contribution in [0.15, 0.2) is 24.5 Å². The van der Waals surface area contributed by atoms with Crippen LogP contribution in [0.25, 0.3) is 5.57 Å². The SMILES string of the molecule is CSC(=O)C(=CN)c1ccc(OCC(O)C(F)(F)F)cn1. The number of pyridine rings is 1. The van der Waals surface area contributed by atoms with Crippen molar-refractivity contribution in [3.05, 3.63) is 30.2 Å². The number of aromatic nitrogens is 1. The predicted molar refractivity (Wildman–Crippen MR) is 72.5 cm³/mol. The predicted octanol–water partition coefficient (Wildman–Crippen LogP) is 1.57. The highest BCUT2D eigenvalue weighted by Gasteiger charge is 2.38. The average molecular weight is 322 g/mol. The summed E-state index contributed by atoms with van der Waals surface area (Å²) in [4.78, 5) is 15.4. The highest BCUT2D eigenvalue weighted by molar-refractivity contribution is 8.14. The number of hydrogen-bond acceptors (Lipinski definition) is 6. The summed E-state index contributed by atoms with van der Waals surface area (Å²) in [6, 6.07) is 2.73. The molecule has 0 bridgehead atoms. The lowest BCUT2D eigenvalue weighted by Crippen LogP contribution is -2.34. The Morgan fingerprint density at radius 3 is 2.67 bits per heavy atom. The zero-order chi connectivity index (χ0) is 16.0. The third-order valence-corrected chi connectivity index (χ3v) is 2.96. The van der Waals surface area contributed by atoms with Crippen molar-refractivity contribution >= 4 is 22.5 Å². The van der Waals surface area contributed by atoms with Crippen molar-refractivity contribution in [1.82, 2.24) is 4.98 Å². The molecule has 0 aromatic carbocycles. The molecule has 0 fully saturated rings. The third-order valence-electron chi connectivity index (χ3n) is 2.37. The van der Waals surface area contributed by atoms with Crippen molar-refractivity contribution in [3.63, 3.8) is 0 Å². The molecule has 0 radical (unpaired) electrons. The maximum Gasteiger partial charge on any atom is 0.417 e. The van der Waals surface area contributed by atoms with Gasteiger partial charge in [-0.3, -0.25) is 9.78 Å². The summed E-state index contributed by atoms with van der Waals surface area (Å²) in [7, 11) is 0. The number of hydrogen-bond donors (Lipinski definition) is 2. The Balaban J connectivity index is 2.73. The van der Waals surface area contributed by atoms with Crippen LogP contribution in [0.4, 0.5) is 13.2 Å². The largest absolute Gasteiger partial charge is 0.489 e. The van der Waals surface area contributed by atoms with Gasteiger partial charge in [0.2, 0.25) is 5.12 Å². The molecule has 5 nitrogen and oxygen atoms in total. The first-order valence-electron chi connectivity index (χ1n) is 5.63. The maximum atomic E-state index is 12.1. The molecule has 1 aromatic rings. The van der Waals surface area contributed by atoms with Gasteiger partial charge >= 0.3 is 6.18 Å². The molecule has 1 rings (SSSR count). The molecule has 0 amide bonds. The Morgan fingerprint density at radius 2 is 2.24 bits per heavy atom. The number of aliphatic hydroxyl groups is 1. The highest BCUT2D eigenvalue weighted by atomic mass is 32.2. The van der Waals surface area contributed by atoms with Crippen LogP contribution in [0.5, 0.6) is 5.75 Å². The molecule has 0 spiro atoms. The Bertz CT molecular complexity index is 517. The Labute approximate surface area is 123 Å². The second-order valence-corrected chi connectivity index (χ2v) is 4.60. The van der Waals surface area contributed by atoms with Crippen molar-refractivity contribution in [1.29, 1.82) is 0 Å². The van der Waals surface area contributed by atoms with Crippen molar-refractivity contribution in [2.75, 3.05) is 12.9 Å². The van der Waals surface area contributed by atoms with Crippen LogP contribution < -0.4 is 10.5 Å². The minimum Gasteiger partial charge on any atom is -0.489 e. The van der Waals surface area contributed by atoms with Gasteiger partial charge in [-0.1, -0.05) is 11.8 Å². The van der Waals surface area contributed by atoms with Crippen LogP contribution in [0.3, 0.4) is 0 Å². The molecule has 1 unspecified atom stereocenters. The lowest BCUT2D eigenvalue weighted by Gasteiger charge is -2.15. The van der Waals surface area contributed by atoms with Crippen LogP contribution in [0.1, 0.15) is 5.69 Å². The van der Waals surface area contributed by atoms with Gasteiger partial charge in [-0.25, -0.2) is 0 Å². The molecular formula is C12H13F3N2O3S. The van der Waals surface area contributed by atoms with Gasteiger partial charge in [-0.05, 0) is 18.4 Å². The minimum atomic E-state index is -4.74. The summed E-state index contributed by atoms with van der Waals surface area (Å²) >= 11 is 0.957. The molecule has 3 N–H and O–H groups in total. The van der Waals surface area contributed by atoms with E-state index < -0.39 is 18.9 Å². The third kappa shape index (κ3) is 4.94. The van der Waals surface area contributed by atoms with Gasteiger partial charge in [0.05, 0.1) is 17.5 Å². The Hall–Kier alpha value is -1.74. The lowest BCUT2D eigenvalue weighted by molar-refractivity contribution is -0.210. The first kappa shape index (κ1) is 17.3. The number of ether oxygens (including phenoxy) is 1. The molecule has 1 atom stereocenters. The number of halogens is 3. The number of thioether (sulfide) groups is 1. The van der Waals surface area contributed by atoms with E-state index in [1.807, 2.05) is 0 Å². The van der Waals surface area contributed by atoms with Gasteiger partial charge in [0.1, 0.15) is 12.4 Å². The van der Waals surface area contributed by atoms with E-state index in [0.717, 1.165) is 24.2 Å². The summed E-state index contributed by atoms with van der Waals surface area (Å²) in [5.74, 6) is 0.0371. The highest BCUT2D eigenvalue weighted by Crippen LogP contribution is 2.22. The van der Waals surface area contributed by atoms with E-state index in [9.17, 15) is 18.0 Å². The molecule has 0 aliphatic carbocycles. The fraction of sp³-hybridized carbons (Fsp3) is 0.333. The number of aliphatic hydroxyl groups excluding tert-OH is 1. The van der Waals surface area contributed by atoms with Gasteiger partial charge in [0.25, 0.3) is 0 Å².